The number of nitrogen functional groups attached to an aromatic ring is 1. The van der Waals surface area contributed by atoms with Crippen LogP contribution in [0, 0.1) is 0 Å². The molecule has 0 amide bonds. The van der Waals surface area contributed by atoms with E-state index in [1.54, 1.807) is 13.1 Å². The van der Waals surface area contributed by atoms with Gasteiger partial charge in [-0.1, -0.05) is 0 Å². The van der Waals surface area contributed by atoms with E-state index < -0.39 is 42.1 Å². The van der Waals surface area contributed by atoms with Crippen LogP contribution in [0.15, 0.2) is 23.1 Å². The highest BCUT2D eigenvalue weighted by Gasteiger charge is 2.30. The zero-order chi connectivity index (χ0) is 17.7. The molecule has 132 valence electrons. The number of anilines is 2. The van der Waals surface area contributed by atoms with Crippen molar-refractivity contribution in [2.24, 2.45) is 0 Å². The molecule has 8 N–H and O–H groups in total. The molecule has 23 heavy (non-hydrogen) atoms. The van der Waals surface area contributed by atoms with Crippen LogP contribution in [0.25, 0.3) is 0 Å². The van der Waals surface area contributed by atoms with Crippen molar-refractivity contribution in [3.63, 3.8) is 0 Å². The Morgan fingerprint density at radius 3 is 2.26 bits per heavy atom. The molecule has 0 spiro atoms. The summed E-state index contributed by atoms with van der Waals surface area (Å²) in [6.07, 6.45) is -6.41. The minimum Gasteiger partial charge on any atom is -0.398 e. The van der Waals surface area contributed by atoms with Gasteiger partial charge in [0, 0.05) is 19.3 Å². The maximum Gasteiger partial charge on any atom is 0.188 e. The highest BCUT2D eigenvalue weighted by atomic mass is 32.2. The monoisotopic (exact) mass is 350 g/mol. The minimum absolute atomic E-state index is 0.0140. The van der Waals surface area contributed by atoms with E-state index in [0.29, 0.717) is 5.69 Å². The molecule has 1 rings (SSSR count). The first-order valence-corrected chi connectivity index (χ1v) is 7.84. The number of aliphatic hydroxyl groups is 5. The Bertz CT molecular complexity index is 545. The predicted octanol–water partition coefficient (Wildman–Crippen LogP) is -2.28. The van der Waals surface area contributed by atoms with E-state index >= 15 is 0 Å². The smallest absolute Gasteiger partial charge is 0.188 e. The van der Waals surface area contributed by atoms with Crippen LogP contribution in [0.5, 0.6) is 0 Å². The van der Waals surface area contributed by atoms with Crippen molar-refractivity contribution in [2.75, 3.05) is 30.8 Å². The molecule has 0 fully saturated rings. The summed E-state index contributed by atoms with van der Waals surface area (Å²) < 4.78 is 20.3. The lowest BCUT2D eigenvalue weighted by atomic mass is 10.0. The SMILES string of the molecule is CN(CC(O)C(O)C(O)C(O)CO)c1ccc(N)c(S(=O)O)c1. The second kappa shape index (κ2) is 8.55. The van der Waals surface area contributed by atoms with Gasteiger partial charge in [0.2, 0.25) is 0 Å². The molecule has 0 aliphatic carbocycles. The van der Waals surface area contributed by atoms with Crippen LogP contribution < -0.4 is 10.6 Å². The molecule has 5 atom stereocenters. The van der Waals surface area contributed by atoms with Crippen LogP contribution >= 0.6 is 0 Å². The second-order valence-corrected chi connectivity index (χ2v) is 6.09. The molecule has 0 saturated carbocycles. The normalized spacial score (nSPS) is 18.0. The van der Waals surface area contributed by atoms with Crippen LogP contribution in [-0.2, 0) is 11.1 Å². The first-order valence-electron chi connectivity index (χ1n) is 6.73. The Hall–Kier alpha value is -1.27. The summed E-state index contributed by atoms with van der Waals surface area (Å²) in [4.78, 5) is 1.49. The molecular weight excluding hydrogens is 328 g/mol. The van der Waals surface area contributed by atoms with Gasteiger partial charge < -0.3 is 40.7 Å². The van der Waals surface area contributed by atoms with Gasteiger partial charge in [0.25, 0.3) is 0 Å². The average Bonchev–Trinajstić information content (AvgIpc) is 2.52. The van der Waals surface area contributed by atoms with Crippen molar-refractivity contribution in [1.29, 1.82) is 0 Å². The Labute approximate surface area is 135 Å². The van der Waals surface area contributed by atoms with Gasteiger partial charge in [0.1, 0.15) is 18.3 Å². The maximum absolute atomic E-state index is 11.2. The lowest BCUT2D eigenvalue weighted by molar-refractivity contribution is -0.112. The Kier molecular flexibility index (Phi) is 7.35. The molecule has 0 saturated heterocycles. The number of hydrogen-bond donors (Lipinski definition) is 7. The lowest BCUT2D eigenvalue weighted by Crippen LogP contribution is -2.49. The van der Waals surface area contributed by atoms with Crippen molar-refractivity contribution in [1.82, 2.24) is 0 Å². The first kappa shape index (κ1) is 19.8. The molecule has 9 nitrogen and oxygen atoms in total. The summed E-state index contributed by atoms with van der Waals surface area (Å²) in [5.74, 6) is 0. The van der Waals surface area contributed by atoms with Crippen molar-refractivity contribution >= 4 is 22.5 Å². The maximum atomic E-state index is 11.2. The molecule has 1 aromatic carbocycles. The van der Waals surface area contributed by atoms with Gasteiger partial charge in [0.15, 0.2) is 11.1 Å². The summed E-state index contributed by atoms with van der Waals surface area (Å²) >= 11 is -2.27. The van der Waals surface area contributed by atoms with Crippen molar-refractivity contribution < 1.29 is 34.3 Å². The summed E-state index contributed by atoms with van der Waals surface area (Å²) in [5.41, 5.74) is 6.18. The number of nitrogens with zero attached hydrogens (tertiary/aromatic N) is 1. The molecule has 0 aromatic heterocycles. The van der Waals surface area contributed by atoms with Gasteiger partial charge in [-0.2, -0.15) is 0 Å². The van der Waals surface area contributed by atoms with E-state index in [-0.39, 0.29) is 17.1 Å². The van der Waals surface area contributed by atoms with Crippen LogP contribution in [0.1, 0.15) is 0 Å². The fourth-order valence-corrected chi connectivity index (χ4v) is 2.46. The Morgan fingerprint density at radius 2 is 1.74 bits per heavy atom. The van der Waals surface area contributed by atoms with Gasteiger partial charge in [-0.15, -0.1) is 0 Å². The quantitative estimate of drug-likeness (QED) is 0.202. The van der Waals surface area contributed by atoms with Crippen molar-refractivity contribution in [3.05, 3.63) is 18.2 Å². The third-order valence-electron chi connectivity index (χ3n) is 3.41. The first-order chi connectivity index (χ1) is 10.7. The lowest BCUT2D eigenvalue weighted by Gasteiger charge is -2.29. The molecule has 0 heterocycles. The fraction of sp³-hybridized carbons (Fsp3) is 0.538. The van der Waals surface area contributed by atoms with Crippen LogP contribution in [0.2, 0.25) is 0 Å². The third kappa shape index (κ3) is 5.11. The van der Waals surface area contributed by atoms with E-state index in [4.69, 9.17) is 15.4 Å². The summed E-state index contributed by atoms with van der Waals surface area (Å²) in [6, 6.07) is 4.36. The van der Waals surface area contributed by atoms with Crippen LogP contribution in [-0.4, -0.2) is 78.9 Å². The standard InChI is InChI=1S/C13H22N2O7S/c1-15(5-9(17)12(19)13(20)10(18)6-16)7-2-3-8(14)11(4-7)23(21)22/h2-4,9-10,12-13,16-20H,5-6,14H2,1H3,(H,21,22). The highest BCUT2D eigenvalue weighted by Crippen LogP contribution is 2.23. The van der Waals surface area contributed by atoms with Crippen LogP contribution in [0.4, 0.5) is 11.4 Å². The zero-order valence-corrected chi connectivity index (χ0v) is 13.3. The molecular formula is C13H22N2O7S. The van der Waals surface area contributed by atoms with E-state index in [0.717, 1.165) is 0 Å². The topological polar surface area (TPSA) is 168 Å². The van der Waals surface area contributed by atoms with Gasteiger partial charge in [-0.05, 0) is 18.2 Å². The molecule has 0 aliphatic heterocycles. The predicted molar refractivity (Wildman–Crippen MR) is 84.3 cm³/mol. The number of benzene rings is 1. The third-order valence-corrected chi connectivity index (χ3v) is 4.14. The largest absolute Gasteiger partial charge is 0.398 e. The number of likely N-dealkylation sites (N-methyl/N-ethyl adjacent to an activating group) is 1. The van der Waals surface area contributed by atoms with E-state index in [9.17, 15) is 24.6 Å². The van der Waals surface area contributed by atoms with Crippen molar-refractivity contribution in [3.8, 4) is 0 Å². The molecule has 0 radical (unpaired) electrons. The van der Waals surface area contributed by atoms with E-state index in [2.05, 4.69) is 0 Å². The Morgan fingerprint density at radius 1 is 1.17 bits per heavy atom. The molecule has 10 heteroatoms. The van der Waals surface area contributed by atoms with Crippen molar-refractivity contribution in [2.45, 2.75) is 29.3 Å². The zero-order valence-electron chi connectivity index (χ0n) is 12.5. The van der Waals surface area contributed by atoms with Gasteiger partial charge in [0.05, 0.1) is 23.3 Å². The molecule has 1 aromatic rings. The number of nitrogens with two attached hydrogens (primary N) is 1. The van der Waals surface area contributed by atoms with Gasteiger partial charge in [-0.3, -0.25) is 0 Å². The number of rotatable bonds is 8. The number of hydrogen-bond acceptors (Lipinski definition) is 8. The van der Waals surface area contributed by atoms with Crippen LogP contribution in [0.3, 0.4) is 0 Å². The molecule has 0 bridgehead atoms. The van der Waals surface area contributed by atoms with E-state index in [1.165, 1.54) is 17.0 Å². The average molecular weight is 350 g/mol. The number of aliphatic hydroxyl groups excluding tert-OH is 5. The summed E-state index contributed by atoms with van der Waals surface area (Å²) in [6.45, 7) is -0.901. The second-order valence-electron chi connectivity index (χ2n) is 5.15. The van der Waals surface area contributed by atoms with E-state index in [1.807, 2.05) is 0 Å². The molecule has 0 aliphatic rings. The highest BCUT2D eigenvalue weighted by molar-refractivity contribution is 7.79. The minimum atomic E-state index is -2.27. The Balaban J connectivity index is 2.81. The fourth-order valence-electron chi connectivity index (χ4n) is 1.97. The summed E-state index contributed by atoms with van der Waals surface area (Å²) in [7, 11) is 1.56. The molecule has 5 unspecified atom stereocenters. The van der Waals surface area contributed by atoms with Gasteiger partial charge >= 0.3 is 0 Å². The van der Waals surface area contributed by atoms with Gasteiger partial charge in [-0.25, -0.2) is 4.21 Å². The summed E-state index contributed by atoms with van der Waals surface area (Å²) in [5, 5.41) is 47.2.